The smallest absolute Gasteiger partial charge is 0.469 e. The van der Waals surface area contributed by atoms with Gasteiger partial charge in [0.05, 0.1) is 25.4 Å². The molecule has 2 aliphatic rings. The van der Waals surface area contributed by atoms with E-state index in [0.29, 0.717) is 0 Å². The first-order valence-electron chi connectivity index (χ1n) is 11.0. The van der Waals surface area contributed by atoms with E-state index in [9.17, 15) is 44.8 Å². The highest BCUT2D eigenvalue weighted by molar-refractivity contribution is 7.46. The molecular formula is C18H31N4O16P. The summed E-state index contributed by atoms with van der Waals surface area (Å²) in [6.07, 6.45) is -11.3. The van der Waals surface area contributed by atoms with Crippen LogP contribution >= 0.6 is 7.82 Å². The highest BCUT2D eigenvalue weighted by atomic mass is 31.2. The Morgan fingerprint density at radius 1 is 1.28 bits per heavy atom. The molecule has 2 fully saturated rings. The van der Waals surface area contributed by atoms with E-state index in [-0.39, 0.29) is 5.82 Å². The average molecular weight is 590 g/mol. The molecule has 3 rings (SSSR count). The van der Waals surface area contributed by atoms with Crippen LogP contribution in [-0.4, -0.2) is 134 Å². The summed E-state index contributed by atoms with van der Waals surface area (Å²) in [5, 5.41) is 75.1. The molecule has 14 N–H and O–H groups in total. The Bertz CT molecular complexity index is 1090. The summed E-state index contributed by atoms with van der Waals surface area (Å²) in [7, 11) is -4.74. The number of aliphatic carboxylic acids is 1. The van der Waals surface area contributed by atoms with Gasteiger partial charge in [-0.2, -0.15) is 4.98 Å². The van der Waals surface area contributed by atoms with E-state index in [1.807, 2.05) is 0 Å². The van der Waals surface area contributed by atoms with Crippen molar-refractivity contribution in [2.24, 2.45) is 5.73 Å². The SMILES string of the molecule is N[C@@H]1[C@@H](O)CC(O)(C(=O)O)O[C@H]1C(O)C(O)CO.Nc1ccn([C@@H]2O[C@H](COP(=O)(O)O)[C@@H](O)[C@H]2O)c(=O)n1. The van der Waals surface area contributed by atoms with Crippen molar-refractivity contribution in [3.63, 3.8) is 0 Å². The zero-order chi connectivity index (χ0) is 29.9. The van der Waals surface area contributed by atoms with Crippen molar-refractivity contribution in [2.45, 2.75) is 67.2 Å². The zero-order valence-electron chi connectivity index (χ0n) is 19.9. The number of ether oxygens (including phenoxy) is 2. The van der Waals surface area contributed by atoms with E-state index in [1.54, 1.807) is 0 Å². The van der Waals surface area contributed by atoms with Crippen LogP contribution in [0.1, 0.15) is 12.6 Å². The van der Waals surface area contributed by atoms with Crippen LogP contribution in [0.2, 0.25) is 0 Å². The number of nitrogens with zero attached hydrogens (tertiary/aromatic N) is 2. The first-order valence-corrected chi connectivity index (χ1v) is 12.6. The second kappa shape index (κ2) is 13.0. The zero-order valence-corrected chi connectivity index (χ0v) is 20.8. The number of anilines is 1. The third kappa shape index (κ3) is 8.19. The number of hydrogen-bond acceptors (Lipinski definition) is 16. The lowest BCUT2D eigenvalue weighted by Gasteiger charge is -2.43. The Morgan fingerprint density at radius 2 is 1.90 bits per heavy atom. The van der Waals surface area contributed by atoms with E-state index in [0.717, 1.165) is 4.57 Å². The van der Waals surface area contributed by atoms with Crippen LogP contribution in [0, 0.1) is 0 Å². The molecule has 39 heavy (non-hydrogen) atoms. The molecule has 0 saturated carbocycles. The molecule has 0 aliphatic carbocycles. The number of hydrogen-bond donors (Lipinski definition) is 12. The predicted molar refractivity (Wildman–Crippen MR) is 122 cm³/mol. The molecule has 1 aromatic rings. The van der Waals surface area contributed by atoms with Gasteiger partial charge < -0.3 is 71.6 Å². The van der Waals surface area contributed by atoms with Gasteiger partial charge in [-0.15, -0.1) is 0 Å². The molecule has 3 unspecified atom stereocenters. The Balaban J connectivity index is 0.000000277. The minimum atomic E-state index is -4.74. The van der Waals surface area contributed by atoms with E-state index in [4.69, 9.17) is 40.9 Å². The molecule has 0 amide bonds. The molecule has 10 atom stereocenters. The molecule has 1 aromatic heterocycles. The number of phosphoric acid groups is 1. The Hall–Kier alpha value is -2.14. The lowest BCUT2D eigenvalue weighted by molar-refractivity contribution is -0.292. The summed E-state index contributed by atoms with van der Waals surface area (Å²) in [6, 6.07) is 0.0874. The van der Waals surface area contributed by atoms with Gasteiger partial charge in [-0.05, 0) is 6.07 Å². The van der Waals surface area contributed by atoms with Crippen molar-refractivity contribution >= 4 is 19.6 Å². The maximum atomic E-state index is 11.6. The monoisotopic (exact) mass is 590 g/mol. The van der Waals surface area contributed by atoms with Crippen molar-refractivity contribution in [1.82, 2.24) is 9.55 Å². The summed E-state index contributed by atoms with van der Waals surface area (Å²) >= 11 is 0. The fourth-order valence-corrected chi connectivity index (χ4v) is 3.98. The fourth-order valence-electron chi connectivity index (χ4n) is 3.64. The van der Waals surface area contributed by atoms with Crippen LogP contribution in [0.3, 0.4) is 0 Å². The summed E-state index contributed by atoms with van der Waals surface area (Å²) < 4.78 is 25.7. The molecule has 0 aromatic carbocycles. The highest BCUT2D eigenvalue weighted by Gasteiger charge is 2.52. The average Bonchev–Trinajstić information content (AvgIpc) is 3.12. The fraction of sp³-hybridized carbons (Fsp3) is 0.722. The molecule has 224 valence electrons. The van der Waals surface area contributed by atoms with E-state index in [1.165, 1.54) is 12.3 Å². The van der Waals surface area contributed by atoms with E-state index in [2.05, 4.69) is 9.51 Å². The first kappa shape index (κ1) is 33.1. The van der Waals surface area contributed by atoms with Crippen LogP contribution in [0.25, 0.3) is 0 Å². The number of rotatable bonds is 8. The van der Waals surface area contributed by atoms with Crippen molar-refractivity contribution in [3.8, 4) is 0 Å². The minimum Gasteiger partial charge on any atom is -0.477 e. The lowest BCUT2D eigenvalue weighted by atomic mass is 9.89. The second-order valence-electron chi connectivity index (χ2n) is 8.64. The maximum absolute atomic E-state index is 11.6. The molecular weight excluding hydrogens is 559 g/mol. The molecule has 0 bridgehead atoms. The summed E-state index contributed by atoms with van der Waals surface area (Å²) in [5.74, 6) is -4.47. The number of carboxylic acids is 1. The van der Waals surface area contributed by atoms with Gasteiger partial charge in [-0.1, -0.05) is 0 Å². The Morgan fingerprint density at radius 3 is 2.41 bits per heavy atom. The van der Waals surface area contributed by atoms with Gasteiger partial charge >= 0.3 is 19.5 Å². The molecule has 3 heterocycles. The van der Waals surface area contributed by atoms with E-state index < -0.39 is 99.9 Å². The molecule has 21 heteroatoms. The maximum Gasteiger partial charge on any atom is 0.469 e. The number of aliphatic hydroxyl groups excluding tert-OH is 6. The Labute approximate surface area is 218 Å². The van der Waals surface area contributed by atoms with Gasteiger partial charge in [0.1, 0.15) is 42.4 Å². The minimum absolute atomic E-state index is 0.0225. The number of carbonyl (C=O) groups is 1. The number of aromatic nitrogens is 2. The van der Waals surface area contributed by atoms with Gasteiger partial charge in [0.15, 0.2) is 6.23 Å². The number of nitrogen functional groups attached to an aromatic ring is 1. The summed E-state index contributed by atoms with van der Waals surface area (Å²) in [4.78, 5) is 43.1. The van der Waals surface area contributed by atoms with Crippen LogP contribution in [0.5, 0.6) is 0 Å². The van der Waals surface area contributed by atoms with Gasteiger partial charge in [-0.3, -0.25) is 9.09 Å². The summed E-state index contributed by atoms with van der Waals surface area (Å²) in [6.45, 7) is -1.47. The molecule has 2 saturated heterocycles. The molecule has 0 radical (unpaired) electrons. The van der Waals surface area contributed by atoms with Crippen molar-refractivity contribution in [1.29, 1.82) is 0 Å². The molecule has 20 nitrogen and oxygen atoms in total. The van der Waals surface area contributed by atoms with Crippen molar-refractivity contribution < 1.29 is 74.0 Å². The Kier molecular flexibility index (Phi) is 11.0. The number of aliphatic hydroxyl groups is 7. The molecule has 0 spiro atoms. The number of carboxylic acid groups (broad SMARTS) is 1. The van der Waals surface area contributed by atoms with Gasteiger partial charge in [0, 0.05) is 12.6 Å². The standard InChI is InChI=1S/C9H14N3O8P.C9H17NO8/c10-5-1-2-12(9(15)11-5)8-7(14)6(13)4(20-8)3-19-21(16,17)18;10-5-3(12)1-9(17,8(15)16)18-7(5)6(14)4(13)2-11/h1-2,4,6-8,13-14H,3H2,(H2,10,11,15)(H2,16,17,18);3-7,11-14,17H,1-2,10H2,(H,15,16)/t4-,6-,7-,8-;3-,4?,5+,6?,7+,9?/m10/s1. The lowest BCUT2D eigenvalue weighted by Crippen LogP contribution is -2.65. The predicted octanol–water partition coefficient (Wildman–Crippen LogP) is -6.50. The molecule has 2 aliphatic heterocycles. The quantitative estimate of drug-likeness (QED) is 0.125. The van der Waals surface area contributed by atoms with Crippen LogP contribution in [0.15, 0.2) is 17.1 Å². The van der Waals surface area contributed by atoms with E-state index >= 15 is 0 Å². The number of phosphoric ester groups is 1. The largest absolute Gasteiger partial charge is 0.477 e. The van der Waals surface area contributed by atoms with Crippen LogP contribution in [-0.2, 0) is 23.4 Å². The van der Waals surface area contributed by atoms with Crippen molar-refractivity contribution in [2.75, 3.05) is 18.9 Å². The topological polar surface area (TPSA) is 351 Å². The third-order valence-corrected chi connectivity index (χ3v) is 6.25. The van der Waals surface area contributed by atoms with Gasteiger partial charge in [-0.25, -0.2) is 14.2 Å². The summed E-state index contributed by atoms with van der Waals surface area (Å²) in [5.41, 5.74) is 10.0. The second-order valence-corrected chi connectivity index (χ2v) is 9.88. The van der Waals surface area contributed by atoms with Gasteiger partial charge in [0.2, 0.25) is 0 Å². The van der Waals surface area contributed by atoms with Crippen LogP contribution in [0.4, 0.5) is 5.82 Å². The van der Waals surface area contributed by atoms with Crippen molar-refractivity contribution in [3.05, 3.63) is 22.7 Å². The normalized spacial score (nSPS) is 34.6. The van der Waals surface area contributed by atoms with Gasteiger partial charge in [0.25, 0.3) is 5.79 Å². The van der Waals surface area contributed by atoms with Crippen LogP contribution < -0.4 is 17.2 Å². The highest BCUT2D eigenvalue weighted by Crippen LogP contribution is 2.38. The number of nitrogens with two attached hydrogens (primary N) is 2. The third-order valence-electron chi connectivity index (χ3n) is 5.76. The first-order chi connectivity index (χ1) is 17.9.